The Balaban J connectivity index is 1.70. The predicted molar refractivity (Wildman–Crippen MR) is 147 cm³/mol. The average Bonchev–Trinajstić information content (AvgIpc) is 3.18. The van der Waals surface area contributed by atoms with Gasteiger partial charge in [0.1, 0.15) is 11.4 Å². The third-order valence-electron chi connectivity index (χ3n) is 6.71. The van der Waals surface area contributed by atoms with Crippen LogP contribution in [0.4, 0.5) is 5.82 Å². The van der Waals surface area contributed by atoms with Gasteiger partial charge < -0.3 is 13.9 Å². The summed E-state index contributed by atoms with van der Waals surface area (Å²) in [5, 5.41) is 0.444. The van der Waals surface area contributed by atoms with Crippen LogP contribution in [0.5, 0.6) is 11.5 Å². The maximum atomic E-state index is 13.9. The number of ether oxygens (including phenoxy) is 2. The van der Waals surface area contributed by atoms with E-state index in [2.05, 4.69) is 18.8 Å². The van der Waals surface area contributed by atoms with Crippen molar-refractivity contribution in [3.05, 3.63) is 93.0 Å². The van der Waals surface area contributed by atoms with Crippen molar-refractivity contribution in [2.45, 2.75) is 47.1 Å². The molecule has 0 fully saturated rings. The van der Waals surface area contributed by atoms with E-state index >= 15 is 0 Å². The molecule has 0 aliphatic carbocycles. The van der Waals surface area contributed by atoms with Crippen molar-refractivity contribution in [2.75, 3.05) is 18.1 Å². The molecule has 0 spiro atoms. The van der Waals surface area contributed by atoms with Crippen molar-refractivity contribution in [1.82, 2.24) is 4.98 Å². The Hall–Kier alpha value is -4.13. The standard InChI is InChI=1S/C31H32N2O5/c1-6-36-25-17-21(8-10-24(25)37-14-12-18(2)3)28-27-29(34)22-15-19(4)7-9-23(22)38-30(27)31(35)33(28)26-16-20(5)11-13-32-26/h7-11,13,15-18,28H,6,12,14H2,1-5H3. The number of benzene rings is 2. The number of rotatable bonds is 8. The Morgan fingerprint density at radius 1 is 0.974 bits per heavy atom. The quantitative estimate of drug-likeness (QED) is 0.273. The van der Waals surface area contributed by atoms with Crippen molar-refractivity contribution in [2.24, 2.45) is 5.92 Å². The molecule has 1 atom stereocenters. The van der Waals surface area contributed by atoms with Crippen LogP contribution in [0.1, 0.15) is 66.0 Å². The van der Waals surface area contributed by atoms with Gasteiger partial charge >= 0.3 is 0 Å². The normalized spacial score (nSPS) is 14.8. The number of aryl methyl sites for hydroxylation is 2. The highest BCUT2D eigenvalue weighted by molar-refractivity contribution is 6.10. The van der Waals surface area contributed by atoms with Gasteiger partial charge in [-0.1, -0.05) is 31.5 Å². The van der Waals surface area contributed by atoms with Gasteiger partial charge in [-0.15, -0.1) is 0 Å². The van der Waals surface area contributed by atoms with Crippen molar-refractivity contribution >= 4 is 22.7 Å². The second-order valence-corrected chi connectivity index (χ2v) is 10.1. The SMILES string of the molecule is CCOc1cc(C2c3c(oc4ccc(C)cc4c3=O)C(=O)N2c2cc(C)ccn2)ccc1OCCC(C)C. The van der Waals surface area contributed by atoms with Gasteiger partial charge in [0.15, 0.2) is 16.9 Å². The number of aromatic nitrogens is 1. The lowest BCUT2D eigenvalue weighted by atomic mass is 9.97. The van der Waals surface area contributed by atoms with E-state index in [0.717, 1.165) is 17.5 Å². The molecular formula is C31H32N2O5. The zero-order chi connectivity index (χ0) is 27.0. The van der Waals surface area contributed by atoms with Crippen LogP contribution in [-0.4, -0.2) is 24.1 Å². The number of amides is 1. The summed E-state index contributed by atoms with van der Waals surface area (Å²) in [5.74, 6) is 1.78. The highest BCUT2D eigenvalue weighted by atomic mass is 16.5. The van der Waals surface area contributed by atoms with Crippen LogP contribution in [0.25, 0.3) is 11.0 Å². The van der Waals surface area contributed by atoms with Gasteiger partial charge in [-0.25, -0.2) is 4.98 Å². The fourth-order valence-electron chi connectivity index (χ4n) is 4.78. The molecular weight excluding hydrogens is 480 g/mol. The third kappa shape index (κ3) is 4.64. The zero-order valence-electron chi connectivity index (χ0n) is 22.4. The first-order valence-corrected chi connectivity index (χ1v) is 13.0. The number of hydrogen-bond donors (Lipinski definition) is 0. The Kier molecular flexibility index (Phi) is 6.93. The lowest BCUT2D eigenvalue weighted by Crippen LogP contribution is -2.30. The lowest BCUT2D eigenvalue weighted by molar-refractivity contribution is 0.0970. The van der Waals surface area contributed by atoms with E-state index in [-0.39, 0.29) is 11.2 Å². The molecule has 2 aromatic heterocycles. The molecule has 0 saturated carbocycles. The van der Waals surface area contributed by atoms with Gasteiger partial charge in [0.25, 0.3) is 5.91 Å². The van der Waals surface area contributed by atoms with E-state index in [1.54, 1.807) is 23.2 Å². The third-order valence-corrected chi connectivity index (χ3v) is 6.71. The Morgan fingerprint density at radius 3 is 2.50 bits per heavy atom. The van der Waals surface area contributed by atoms with E-state index in [9.17, 15) is 9.59 Å². The summed E-state index contributed by atoms with van der Waals surface area (Å²) in [6.45, 7) is 11.1. The molecule has 4 aromatic rings. The number of carbonyl (C=O) groups is 1. The zero-order valence-corrected chi connectivity index (χ0v) is 22.4. The van der Waals surface area contributed by atoms with Gasteiger partial charge in [-0.05, 0) is 80.6 Å². The number of fused-ring (bicyclic) bond motifs is 2. The number of nitrogens with zero attached hydrogens (tertiary/aromatic N) is 2. The van der Waals surface area contributed by atoms with Crippen LogP contribution in [0.2, 0.25) is 0 Å². The molecule has 2 aromatic carbocycles. The Labute approximate surface area is 222 Å². The number of hydrogen-bond acceptors (Lipinski definition) is 6. The molecule has 3 heterocycles. The second-order valence-electron chi connectivity index (χ2n) is 10.1. The molecule has 1 aliphatic heterocycles. The van der Waals surface area contributed by atoms with Gasteiger partial charge in [0.2, 0.25) is 5.76 Å². The van der Waals surface area contributed by atoms with Crippen molar-refractivity contribution in [3.8, 4) is 11.5 Å². The minimum Gasteiger partial charge on any atom is -0.490 e. The Morgan fingerprint density at radius 2 is 1.76 bits per heavy atom. The highest BCUT2D eigenvalue weighted by Crippen LogP contribution is 2.43. The van der Waals surface area contributed by atoms with Crippen LogP contribution in [0, 0.1) is 19.8 Å². The minimum atomic E-state index is -0.739. The number of carbonyl (C=O) groups excluding carboxylic acids is 1. The molecule has 196 valence electrons. The summed E-state index contributed by atoms with van der Waals surface area (Å²) in [5.41, 5.74) is 3.04. The van der Waals surface area contributed by atoms with E-state index in [0.29, 0.717) is 58.5 Å². The van der Waals surface area contributed by atoms with Gasteiger partial charge in [0, 0.05) is 6.20 Å². The molecule has 5 rings (SSSR count). The largest absolute Gasteiger partial charge is 0.490 e. The maximum Gasteiger partial charge on any atom is 0.296 e. The van der Waals surface area contributed by atoms with Crippen LogP contribution >= 0.6 is 0 Å². The first-order chi connectivity index (χ1) is 18.3. The number of anilines is 1. The summed E-state index contributed by atoms with van der Waals surface area (Å²) < 4.78 is 18.1. The molecule has 38 heavy (non-hydrogen) atoms. The first-order valence-electron chi connectivity index (χ1n) is 13.0. The molecule has 1 aliphatic rings. The smallest absolute Gasteiger partial charge is 0.296 e. The van der Waals surface area contributed by atoms with E-state index in [4.69, 9.17) is 13.9 Å². The van der Waals surface area contributed by atoms with Gasteiger partial charge in [-0.2, -0.15) is 0 Å². The first kappa shape index (κ1) is 25.5. The average molecular weight is 513 g/mol. The topological polar surface area (TPSA) is 81.9 Å². The van der Waals surface area contributed by atoms with Crippen molar-refractivity contribution in [1.29, 1.82) is 0 Å². The van der Waals surface area contributed by atoms with E-state index in [1.807, 2.05) is 57.2 Å². The van der Waals surface area contributed by atoms with Crippen LogP contribution < -0.4 is 19.8 Å². The molecule has 0 N–H and O–H groups in total. The van der Waals surface area contributed by atoms with Crippen LogP contribution in [-0.2, 0) is 0 Å². The highest BCUT2D eigenvalue weighted by Gasteiger charge is 2.44. The second kappa shape index (κ2) is 10.3. The van der Waals surface area contributed by atoms with E-state index in [1.165, 1.54) is 0 Å². The molecule has 0 radical (unpaired) electrons. The Bertz CT molecular complexity index is 1570. The van der Waals surface area contributed by atoms with E-state index < -0.39 is 11.9 Å². The number of pyridine rings is 1. The fraction of sp³-hybridized carbons (Fsp3) is 0.323. The fourth-order valence-corrected chi connectivity index (χ4v) is 4.78. The predicted octanol–water partition coefficient (Wildman–Crippen LogP) is 6.38. The van der Waals surface area contributed by atoms with Gasteiger partial charge in [0.05, 0.1) is 30.2 Å². The summed E-state index contributed by atoms with van der Waals surface area (Å²) in [4.78, 5) is 33.8. The maximum absolute atomic E-state index is 13.9. The minimum absolute atomic E-state index is 0.0369. The van der Waals surface area contributed by atoms with Crippen LogP contribution in [0.3, 0.4) is 0 Å². The molecule has 1 amide bonds. The van der Waals surface area contributed by atoms with Crippen molar-refractivity contribution in [3.63, 3.8) is 0 Å². The molecule has 1 unspecified atom stereocenters. The van der Waals surface area contributed by atoms with Crippen molar-refractivity contribution < 1.29 is 18.7 Å². The summed E-state index contributed by atoms with van der Waals surface area (Å²) in [7, 11) is 0. The monoisotopic (exact) mass is 512 g/mol. The summed E-state index contributed by atoms with van der Waals surface area (Å²) in [6.07, 6.45) is 2.57. The molecule has 7 nitrogen and oxygen atoms in total. The molecule has 0 bridgehead atoms. The molecule has 0 saturated heterocycles. The van der Waals surface area contributed by atoms with Gasteiger partial charge in [-0.3, -0.25) is 14.5 Å². The molecule has 7 heteroatoms. The summed E-state index contributed by atoms with van der Waals surface area (Å²) in [6, 6.07) is 13.9. The lowest BCUT2D eigenvalue weighted by Gasteiger charge is -2.25. The summed E-state index contributed by atoms with van der Waals surface area (Å²) >= 11 is 0. The van der Waals surface area contributed by atoms with Crippen LogP contribution in [0.15, 0.2) is 63.9 Å².